The molecule has 27 heavy (non-hydrogen) atoms. The third-order valence-electron chi connectivity index (χ3n) is 5.08. The van der Waals surface area contributed by atoms with Crippen LogP contribution in [-0.4, -0.2) is 5.78 Å². The van der Waals surface area contributed by atoms with Crippen molar-refractivity contribution in [2.45, 2.75) is 24.2 Å². The van der Waals surface area contributed by atoms with Crippen LogP contribution in [0.1, 0.15) is 35.3 Å². The van der Waals surface area contributed by atoms with Gasteiger partial charge in [-0.05, 0) is 40.7 Å². The van der Waals surface area contributed by atoms with Crippen LogP contribution in [0.5, 0.6) is 0 Å². The molecule has 0 bridgehead atoms. The van der Waals surface area contributed by atoms with Gasteiger partial charge in [-0.3, -0.25) is 4.79 Å². The van der Waals surface area contributed by atoms with Crippen LogP contribution in [0.25, 0.3) is 0 Å². The van der Waals surface area contributed by atoms with Gasteiger partial charge in [0.25, 0.3) is 0 Å². The second kappa shape index (κ2) is 8.39. The predicted molar refractivity (Wildman–Crippen MR) is 121 cm³/mol. The largest absolute Gasteiger partial charge is 0.300 e. The van der Waals surface area contributed by atoms with Crippen molar-refractivity contribution in [1.29, 1.82) is 0 Å². The fourth-order valence-corrected chi connectivity index (χ4v) is 7.80. The van der Waals surface area contributed by atoms with E-state index >= 15 is 0 Å². The van der Waals surface area contributed by atoms with Crippen LogP contribution in [-0.2, 0) is 4.79 Å². The van der Waals surface area contributed by atoms with Crippen LogP contribution in [0, 0.1) is 0 Å². The number of hydrogen-bond donors (Lipinski definition) is 0. The van der Waals surface area contributed by atoms with Crippen LogP contribution in [0.4, 0.5) is 0 Å². The monoisotopic (exact) mass is 500 g/mol. The quantitative estimate of drug-likeness (QED) is 0.348. The smallest absolute Gasteiger partial charge is 0.134 e. The molecule has 0 spiro atoms. The first kappa shape index (κ1) is 19.1. The lowest BCUT2D eigenvalue weighted by Crippen LogP contribution is -2.23. The van der Waals surface area contributed by atoms with Crippen molar-refractivity contribution < 1.29 is 4.79 Å². The summed E-state index contributed by atoms with van der Waals surface area (Å²) in [6.07, 6.45) is 1.27. The molecule has 3 atom stereocenters. The SMILES string of the molecule is O=C1C[C@H](c2ccc(Br)cc2)P(c2ccccc2)[C@H](c2ccc(Br)cc2)C1. The first-order valence-electron chi connectivity index (χ1n) is 8.98. The minimum atomic E-state index is -0.544. The van der Waals surface area contributed by atoms with Crippen LogP contribution < -0.4 is 5.30 Å². The Labute approximate surface area is 178 Å². The molecule has 0 radical (unpaired) electrons. The molecule has 0 saturated carbocycles. The van der Waals surface area contributed by atoms with Crippen molar-refractivity contribution in [3.8, 4) is 0 Å². The molecule has 0 aliphatic carbocycles. The van der Waals surface area contributed by atoms with E-state index in [1.807, 2.05) is 0 Å². The van der Waals surface area contributed by atoms with E-state index in [9.17, 15) is 4.79 Å². The number of hydrogen-bond acceptors (Lipinski definition) is 1. The highest BCUT2D eigenvalue weighted by Gasteiger charge is 2.39. The number of carbonyl (C=O) groups is 1. The molecule has 3 aromatic carbocycles. The maximum Gasteiger partial charge on any atom is 0.134 e. The lowest BCUT2D eigenvalue weighted by molar-refractivity contribution is -0.119. The van der Waals surface area contributed by atoms with E-state index in [4.69, 9.17) is 0 Å². The molecular weight excluding hydrogens is 483 g/mol. The zero-order valence-corrected chi connectivity index (χ0v) is 18.8. The lowest BCUT2D eigenvalue weighted by atomic mass is 10.0. The maximum absolute atomic E-state index is 12.7. The van der Waals surface area contributed by atoms with Crippen molar-refractivity contribution in [2.75, 3.05) is 0 Å². The predicted octanol–water partition coefficient (Wildman–Crippen LogP) is 7.16. The Balaban J connectivity index is 1.82. The molecule has 1 nitrogen and oxygen atoms in total. The summed E-state index contributed by atoms with van der Waals surface area (Å²) >= 11 is 7.06. The van der Waals surface area contributed by atoms with E-state index in [1.54, 1.807) is 0 Å². The Hall–Kier alpha value is -1.28. The van der Waals surface area contributed by atoms with E-state index in [0.717, 1.165) is 8.95 Å². The highest BCUT2D eigenvalue weighted by atomic mass is 79.9. The van der Waals surface area contributed by atoms with Gasteiger partial charge in [0, 0.05) is 33.1 Å². The summed E-state index contributed by atoms with van der Waals surface area (Å²) in [6.45, 7) is 0. The third-order valence-corrected chi connectivity index (χ3v) is 9.33. The van der Waals surface area contributed by atoms with E-state index in [2.05, 4.69) is 111 Å². The molecule has 1 heterocycles. The Morgan fingerprint density at radius 3 is 1.56 bits per heavy atom. The second-order valence-corrected chi connectivity index (χ2v) is 11.2. The maximum atomic E-state index is 12.7. The van der Waals surface area contributed by atoms with Crippen molar-refractivity contribution >= 4 is 50.9 Å². The van der Waals surface area contributed by atoms with E-state index in [0.29, 0.717) is 18.6 Å². The van der Waals surface area contributed by atoms with Crippen LogP contribution >= 0.6 is 39.8 Å². The second-order valence-electron chi connectivity index (χ2n) is 6.82. The topological polar surface area (TPSA) is 17.1 Å². The molecule has 4 rings (SSSR count). The number of Topliss-reactive ketones (excluding diaryl/α,β-unsaturated/α-hetero) is 1. The van der Waals surface area contributed by atoms with E-state index in [1.165, 1.54) is 16.4 Å². The van der Waals surface area contributed by atoms with Crippen molar-refractivity contribution in [3.63, 3.8) is 0 Å². The fourth-order valence-electron chi connectivity index (χ4n) is 3.82. The molecule has 3 aromatic rings. The summed E-state index contributed by atoms with van der Waals surface area (Å²) in [4.78, 5) is 12.7. The minimum absolute atomic E-state index is 0.255. The molecule has 1 fully saturated rings. The van der Waals surface area contributed by atoms with Crippen LogP contribution in [0.15, 0.2) is 87.8 Å². The van der Waals surface area contributed by atoms with Crippen molar-refractivity contribution in [2.24, 2.45) is 0 Å². The van der Waals surface area contributed by atoms with Gasteiger partial charge in [0.15, 0.2) is 0 Å². The zero-order chi connectivity index (χ0) is 18.8. The number of halogens is 2. The number of rotatable bonds is 3. The molecule has 1 aliphatic heterocycles. The first-order valence-corrected chi connectivity index (χ1v) is 12.0. The summed E-state index contributed by atoms with van der Waals surface area (Å²) < 4.78 is 2.14. The van der Waals surface area contributed by atoms with Gasteiger partial charge in [-0.2, -0.15) is 0 Å². The molecule has 1 saturated heterocycles. The Morgan fingerprint density at radius 2 is 1.11 bits per heavy atom. The van der Waals surface area contributed by atoms with Gasteiger partial charge < -0.3 is 0 Å². The zero-order valence-electron chi connectivity index (χ0n) is 14.7. The van der Waals surface area contributed by atoms with Crippen LogP contribution in [0.3, 0.4) is 0 Å². The molecule has 0 aromatic heterocycles. The molecule has 136 valence electrons. The molecule has 0 N–H and O–H groups in total. The Bertz CT molecular complexity index is 865. The normalized spacial score (nSPS) is 22.6. The van der Waals surface area contributed by atoms with Gasteiger partial charge in [0.1, 0.15) is 5.78 Å². The highest BCUT2D eigenvalue weighted by molar-refractivity contribution is 9.10. The van der Waals surface area contributed by atoms with E-state index in [-0.39, 0.29) is 11.3 Å². The summed E-state index contributed by atoms with van der Waals surface area (Å²) in [6, 6.07) is 27.8. The summed E-state index contributed by atoms with van der Waals surface area (Å²) in [5, 5.41) is 1.38. The standard InChI is InChI=1S/C23H19Br2OP/c24-18-10-6-16(7-11-18)22-14-20(26)15-23(17-8-12-19(25)13-9-17)27(22)21-4-2-1-3-5-21/h1-13,22-23H,14-15H2/t22-,23+,27?. The van der Waals surface area contributed by atoms with Gasteiger partial charge in [-0.15, -0.1) is 0 Å². The average molecular weight is 502 g/mol. The number of ketones is 1. The number of benzene rings is 3. The van der Waals surface area contributed by atoms with Crippen molar-refractivity contribution in [1.82, 2.24) is 0 Å². The fraction of sp³-hybridized carbons (Fsp3) is 0.174. The summed E-state index contributed by atoms with van der Waals surface area (Å²) in [7, 11) is -0.544. The van der Waals surface area contributed by atoms with Crippen molar-refractivity contribution in [3.05, 3.63) is 98.9 Å². The van der Waals surface area contributed by atoms with Gasteiger partial charge in [0.2, 0.25) is 0 Å². The lowest BCUT2D eigenvalue weighted by Gasteiger charge is -2.39. The highest BCUT2D eigenvalue weighted by Crippen LogP contribution is 2.66. The third kappa shape index (κ3) is 4.26. The summed E-state index contributed by atoms with van der Waals surface area (Å²) in [5.41, 5.74) is 3.04. The van der Waals surface area contributed by atoms with Gasteiger partial charge in [0.05, 0.1) is 0 Å². The molecule has 1 unspecified atom stereocenters. The van der Waals surface area contributed by atoms with Gasteiger partial charge >= 0.3 is 0 Å². The average Bonchev–Trinajstić information content (AvgIpc) is 2.69. The summed E-state index contributed by atoms with van der Waals surface area (Å²) in [5.74, 6) is 0.366. The van der Waals surface area contributed by atoms with Crippen LogP contribution in [0.2, 0.25) is 0 Å². The molecule has 1 aliphatic rings. The Kier molecular flexibility index (Phi) is 5.92. The van der Waals surface area contributed by atoms with E-state index < -0.39 is 7.92 Å². The van der Waals surface area contributed by atoms with Gasteiger partial charge in [-0.25, -0.2) is 0 Å². The molecule has 0 amide bonds. The first-order chi connectivity index (χ1) is 13.1. The Morgan fingerprint density at radius 1 is 0.667 bits per heavy atom. The number of carbonyl (C=O) groups excluding carboxylic acids is 1. The van der Waals surface area contributed by atoms with Gasteiger partial charge in [-0.1, -0.05) is 94.4 Å². The molecule has 4 heteroatoms. The minimum Gasteiger partial charge on any atom is -0.300 e. The molecular formula is C23H19Br2OP.